The van der Waals surface area contributed by atoms with Gasteiger partial charge in [-0.2, -0.15) is 0 Å². The summed E-state index contributed by atoms with van der Waals surface area (Å²) < 4.78 is 1.35. The zero-order chi connectivity index (χ0) is 18.9. The smallest absolute Gasteiger partial charge is 0.342 e. The summed E-state index contributed by atoms with van der Waals surface area (Å²) in [6, 6.07) is 12.1. The largest absolute Gasteiger partial charge is 0.477 e. The van der Waals surface area contributed by atoms with Gasteiger partial charge in [-0.3, -0.25) is 14.6 Å². The van der Waals surface area contributed by atoms with Crippen molar-refractivity contribution in [1.82, 2.24) is 4.48 Å². The molecule has 136 valence electrons. The van der Waals surface area contributed by atoms with E-state index >= 15 is 0 Å². The lowest BCUT2D eigenvalue weighted by Crippen LogP contribution is -2.50. The fourth-order valence-corrected chi connectivity index (χ4v) is 3.95. The normalized spacial score (nSPS) is 22.8. The van der Waals surface area contributed by atoms with Crippen molar-refractivity contribution in [2.45, 2.75) is 19.8 Å². The van der Waals surface area contributed by atoms with Crippen molar-refractivity contribution in [3.63, 3.8) is 0 Å². The van der Waals surface area contributed by atoms with E-state index in [0.29, 0.717) is 16.1 Å². The number of nitro benzene ring substituents is 1. The second-order valence-corrected chi connectivity index (χ2v) is 7.75. The summed E-state index contributed by atoms with van der Waals surface area (Å²) in [4.78, 5) is 22.4. The summed E-state index contributed by atoms with van der Waals surface area (Å²) in [5.41, 5.74) is 1.40. The van der Waals surface area contributed by atoms with Crippen molar-refractivity contribution in [2.75, 3.05) is 13.1 Å². The number of halogens is 1. The highest BCUT2D eigenvalue weighted by Gasteiger charge is 2.40. The van der Waals surface area contributed by atoms with Gasteiger partial charge in [-0.1, -0.05) is 22.9 Å². The number of aromatic carboxylic acids is 1. The van der Waals surface area contributed by atoms with E-state index in [4.69, 9.17) is 0 Å². The third-order valence-corrected chi connectivity index (χ3v) is 5.74. The van der Waals surface area contributed by atoms with Crippen LogP contribution in [0.1, 0.15) is 30.1 Å². The molecule has 1 aliphatic heterocycles. The van der Waals surface area contributed by atoms with Gasteiger partial charge >= 0.3 is 5.97 Å². The molecular weight excluding hydrogens is 400 g/mol. The molecular formula is C19H20BrN2O4+. The molecule has 0 bridgehead atoms. The number of rotatable bonds is 4. The lowest BCUT2D eigenvalue weighted by atomic mass is 9.93. The predicted molar refractivity (Wildman–Crippen MR) is 104 cm³/mol. The van der Waals surface area contributed by atoms with Gasteiger partial charge < -0.3 is 5.11 Å². The molecule has 2 aromatic rings. The Bertz CT molecular complexity index is 843. The van der Waals surface area contributed by atoms with E-state index in [0.717, 1.165) is 36.1 Å². The number of hydrogen-bond donors (Lipinski definition) is 1. The van der Waals surface area contributed by atoms with Crippen LogP contribution in [-0.4, -0.2) is 29.1 Å². The maximum absolute atomic E-state index is 11.9. The number of non-ortho nitro benzene ring substituents is 1. The third-order valence-electron chi connectivity index (χ3n) is 5.21. The van der Waals surface area contributed by atoms with E-state index in [1.807, 2.05) is 24.3 Å². The van der Waals surface area contributed by atoms with E-state index in [2.05, 4.69) is 22.9 Å². The van der Waals surface area contributed by atoms with Crippen LogP contribution in [0.15, 0.2) is 46.9 Å². The molecule has 26 heavy (non-hydrogen) atoms. The Balaban J connectivity index is 2.21. The molecule has 6 nitrogen and oxygen atoms in total. The number of piperidine rings is 1. The molecule has 0 unspecified atom stereocenters. The van der Waals surface area contributed by atoms with Gasteiger partial charge in [0.15, 0.2) is 5.69 Å². The van der Waals surface area contributed by atoms with E-state index < -0.39 is 10.9 Å². The van der Waals surface area contributed by atoms with Crippen LogP contribution < -0.4 is 4.48 Å². The number of benzene rings is 2. The fourth-order valence-electron chi connectivity index (χ4n) is 3.68. The summed E-state index contributed by atoms with van der Waals surface area (Å²) in [5.74, 6) is -0.569. The number of nitrogens with zero attached hydrogens (tertiary/aromatic N) is 2. The summed E-state index contributed by atoms with van der Waals surface area (Å²) in [6.07, 6.45) is 1.93. The van der Waals surface area contributed by atoms with Gasteiger partial charge in [0.25, 0.3) is 5.69 Å². The van der Waals surface area contributed by atoms with Crippen LogP contribution in [0, 0.1) is 16.0 Å². The van der Waals surface area contributed by atoms with Gasteiger partial charge in [0.05, 0.1) is 18.0 Å². The monoisotopic (exact) mass is 419 g/mol. The molecule has 7 heteroatoms. The maximum atomic E-state index is 11.9. The van der Waals surface area contributed by atoms with Crippen LogP contribution in [0.2, 0.25) is 0 Å². The molecule has 0 amide bonds. The van der Waals surface area contributed by atoms with Gasteiger partial charge in [-0.25, -0.2) is 4.79 Å². The topological polar surface area (TPSA) is 80.4 Å². The molecule has 1 N–H and O–H groups in total. The van der Waals surface area contributed by atoms with E-state index in [-0.39, 0.29) is 11.3 Å². The number of carbonyl (C=O) groups is 1. The first-order chi connectivity index (χ1) is 12.3. The van der Waals surface area contributed by atoms with Crippen LogP contribution >= 0.6 is 15.9 Å². The minimum atomic E-state index is -1.14. The Kier molecular flexibility index (Phi) is 5.11. The van der Waals surface area contributed by atoms with Crippen LogP contribution in [0.4, 0.5) is 17.1 Å². The van der Waals surface area contributed by atoms with Gasteiger partial charge in [-0.05, 0) is 18.1 Å². The summed E-state index contributed by atoms with van der Waals surface area (Å²) in [6.45, 7) is 3.73. The molecule has 1 aliphatic rings. The highest BCUT2D eigenvalue weighted by Crippen LogP contribution is 2.42. The molecule has 1 heterocycles. The molecule has 1 fully saturated rings. The lowest BCUT2D eigenvalue weighted by Gasteiger charge is -2.42. The van der Waals surface area contributed by atoms with E-state index in [1.54, 1.807) is 6.07 Å². The summed E-state index contributed by atoms with van der Waals surface area (Å²) in [7, 11) is 0. The Labute approximate surface area is 159 Å². The predicted octanol–water partition coefficient (Wildman–Crippen LogP) is 5.12. The number of nitro groups is 1. The van der Waals surface area contributed by atoms with Crippen molar-refractivity contribution in [3.05, 3.63) is 62.6 Å². The fraction of sp³-hybridized carbons (Fsp3) is 0.316. The third kappa shape index (κ3) is 3.37. The summed E-state index contributed by atoms with van der Waals surface area (Å²) in [5, 5.41) is 20.8. The van der Waals surface area contributed by atoms with E-state index in [9.17, 15) is 20.0 Å². The number of carboxylic acid groups (broad SMARTS) is 1. The van der Waals surface area contributed by atoms with Crippen molar-refractivity contribution in [1.29, 1.82) is 0 Å². The Morgan fingerprint density at radius 2 is 1.81 bits per heavy atom. The molecule has 3 rings (SSSR count). The number of quaternary nitrogens is 1. The van der Waals surface area contributed by atoms with Gasteiger partial charge in [0.2, 0.25) is 0 Å². The Hall–Kier alpha value is -2.25. The quantitative estimate of drug-likeness (QED) is 0.423. The van der Waals surface area contributed by atoms with Crippen LogP contribution in [-0.2, 0) is 0 Å². The van der Waals surface area contributed by atoms with Crippen molar-refractivity contribution < 1.29 is 14.8 Å². The second-order valence-electron chi connectivity index (χ2n) is 6.84. The van der Waals surface area contributed by atoms with Crippen molar-refractivity contribution >= 4 is 39.0 Å². The molecule has 0 saturated carbocycles. The molecule has 0 atom stereocenters. The van der Waals surface area contributed by atoms with Gasteiger partial charge in [-0.15, -0.1) is 0 Å². The maximum Gasteiger partial charge on any atom is 0.342 e. The van der Waals surface area contributed by atoms with Crippen molar-refractivity contribution in [3.8, 4) is 0 Å². The molecule has 0 spiro atoms. The standard InChI is InChI=1S/C19H19BrN2O4/c1-13-8-10-22(11-9-13,16-5-2-14(20)3-6-16)18-7-4-15(21(25)26)12-17(18)19(23)24/h2-7,12-13H,8-11H2,1H3/p+1. The summed E-state index contributed by atoms with van der Waals surface area (Å²) >= 11 is 3.44. The second kappa shape index (κ2) is 7.17. The van der Waals surface area contributed by atoms with Gasteiger partial charge in [0, 0.05) is 47.6 Å². The van der Waals surface area contributed by atoms with Crippen molar-refractivity contribution in [2.24, 2.45) is 5.92 Å². The first kappa shape index (κ1) is 18.5. The Morgan fingerprint density at radius 3 is 2.35 bits per heavy atom. The zero-order valence-corrected chi connectivity index (χ0v) is 16.0. The van der Waals surface area contributed by atoms with Gasteiger partial charge in [0.1, 0.15) is 11.3 Å². The van der Waals surface area contributed by atoms with Crippen LogP contribution in [0.5, 0.6) is 0 Å². The molecule has 0 aliphatic carbocycles. The first-order valence-corrected chi connectivity index (χ1v) is 9.28. The molecule has 2 aromatic carbocycles. The number of hydrogen-bond acceptors (Lipinski definition) is 3. The molecule has 1 saturated heterocycles. The van der Waals surface area contributed by atoms with E-state index in [1.165, 1.54) is 12.1 Å². The Morgan fingerprint density at radius 1 is 1.19 bits per heavy atom. The molecule has 0 aromatic heterocycles. The average Bonchev–Trinajstić information content (AvgIpc) is 2.63. The zero-order valence-electron chi connectivity index (χ0n) is 14.4. The lowest BCUT2D eigenvalue weighted by molar-refractivity contribution is -0.384. The minimum absolute atomic E-state index is 0.00308. The van der Waals surface area contributed by atoms with Crippen LogP contribution in [0.25, 0.3) is 0 Å². The average molecular weight is 420 g/mol. The van der Waals surface area contributed by atoms with Crippen LogP contribution in [0.3, 0.4) is 0 Å². The number of carboxylic acids is 1. The molecule has 0 radical (unpaired) electrons. The highest BCUT2D eigenvalue weighted by molar-refractivity contribution is 9.10. The SMILES string of the molecule is CC1CC[N+](c2ccc(Br)cc2)(c2ccc([N+](=O)[O-])cc2C(=O)O)CC1. The minimum Gasteiger partial charge on any atom is -0.477 e. The highest BCUT2D eigenvalue weighted by atomic mass is 79.9. The first-order valence-electron chi connectivity index (χ1n) is 8.49.